The van der Waals surface area contributed by atoms with Gasteiger partial charge in [0.05, 0.1) is 45.6 Å². The lowest BCUT2D eigenvalue weighted by Gasteiger charge is -2.21. The Morgan fingerprint density at radius 2 is 0.463 bits per heavy atom. The minimum absolute atomic E-state index is 0.332. The molecule has 580 valence electrons. The molecule has 0 fully saturated rings. The molecule has 18 heteroatoms. The van der Waals surface area contributed by atoms with Crippen molar-refractivity contribution in [3.63, 3.8) is 0 Å². The molecule has 0 saturated carbocycles. The Hall–Kier alpha value is -16.8. The maximum atomic E-state index is 14.8. The van der Waals surface area contributed by atoms with Crippen molar-refractivity contribution in [2.75, 3.05) is 0 Å². The van der Waals surface area contributed by atoms with Gasteiger partial charge in [-0.3, -0.25) is 0 Å². The van der Waals surface area contributed by atoms with Crippen molar-refractivity contribution in [1.82, 2.24) is 68.9 Å². The quantitative estimate of drug-likeness (QED) is 0.0841. The molecule has 0 aliphatic carbocycles. The van der Waals surface area contributed by atoms with Gasteiger partial charge in [0.25, 0.3) is 0 Å². The summed E-state index contributed by atoms with van der Waals surface area (Å²) >= 11 is 0. The van der Waals surface area contributed by atoms with Crippen LogP contribution in [0.1, 0.15) is 11.1 Å². The Balaban J connectivity index is 0.831. The Kier molecular flexibility index (Phi) is 18.6. The number of fused-ring (bicyclic) bond motifs is 6. The van der Waals surface area contributed by atoms with E-state index >= 15 is 0 Å². The smallest absolute Gasteiger partial charge is 0.309 e. The highest BCUT2D eigenvalue weighted by molar-refractivity contribution is 6.14. The molecule has 6 aromatic heterocycles. The minimum atomic E-state index is -4.60. The lowest BCUT2D eigenvalue weighted by atomic mass is 9.93. The molecule has 21 aromatic rings. The van der Waals surface area contributed by atoms with Gasteiger partial charge >= 0.3 is 6.18 Å². The summed E-state index contributed by atoms with van der Waals surface area (Å²) in [7, 11) is 0. The predicted octanol–water partition coefficient (Wildman–Crippen LogP) is 25.8. The predicted molar refractivity (Wildman–Crippen MR) is 481 cm³/mol. The molecular weight excluding hydrogens is 1530 g/mol. The first-order valence-electron chi connectivity index (χ1n) is 39.9. The third-order valence-corrected chi connectivity index (χ3v) is 22.1. The van der Waals surface area contributed by atoms with Crippen molar-refractivity contribution >= 4 is 49.3 Å². The number of halogens is 3. The molecule has 0 unspecified atom stereocenters. The van der Waals surface area contributed by atoms with E-state index < -0.39 is 11.7 Å². The highest BCUT2D eigenvalue weighted by atomic mass is 19.4. The Labute approximate surface area is 703 Å². The van der Waals surface area contributed by atoms with Crippen molar-refractivity contribution in [3.8, 4) is 170 Å². The van der Waals surface area contributed by atoms with Gasteiger partial charge in [-0.25, -0.2) is 64.7 Å². The van der Waals surface area contributed by atoms with E-state index in [9.17, 15) is 13.2 Å². The van der Waals surface area contributed by atoms with Gasteiger partial charge in [0.1, 0.15) is 0 Å². The summed E-state index contributed by atoms with van der Waals surface area (Å²) in [6, 6.07) is 119. The summed E-state index contributed by atoms with van der Waals surface area (Å²) in [4.78, 5) is 66.4. The second-order valence-electron chi connectivity index (χ2n) is 29.8. The maximum Gasteiger partial charge on any atom is 0.416 e. The number of hydrogen-bond donors (Lipinski definition) is 0. The Morgan fingerprint density at radius 3 is 0.707 bits per heavy atom. The monoisotopic (exact) mass is 1590 g/mol. The van der Waals surface area contributed by atoms with E-state index in [1.165, 1.54) is 12.1 Å². The molecule has 21 rings (SSSR count). The normalized spacial score (nSPS) is 11.6. The summed E-state index contributed by atoms with van der Waals surface area (Å²) in [6.07, 6.45) is -4.60. The number of nitrogens with zero attached hydrogens (tertiary/aromatic N) is 15. The van der Waals surface area contributed by atoms with Gasteiger partial charge in [-0.1, -0.05) is 261 Å². The van der Waals surface area contributed by atoms with Gasteiger partial charge in [0.2, 0.25) is 0 Å². The molecule has 0 amide bonds. The number of alkyl halides is 3. The molecule has 0 bridgehead atoms. The molecule has 0 aliphatic rings. The van der Waals surface area contributed by atoms with Crippen LogP contribution in [0.5, 0.6) is 0 Å². The molecular formula is C105H64F3N15. The average molecular weight is 1590 g/mol. The van der Waals surface area contributed by atoms with E-state index in [1.54, 1.807) is 6.92 Å². The Morgan fingerprint density at radius 1 is 0.228 bits per heavy atom. The van der Waals surface area contributed by atoms with Crippen LogP contribution in [-0.2, 0) is 6.18 Å². The second kappa shape index (κ2) is 30.9. The molecule has 123 heavy (non-hydrogen) atoms. The van der Waals surface area contributed by atoms with Gasteiger partial charge in [-0.2, -0.15) is 13.2 Å². The largest absolute Gasteiger partial charge is 0.416 e. The number of hydrogen-bond acceptors (Lipinski definition) is 12. The van der Waals surface area contributed by atoms with Gasteiger partial charge in [-0.05, 0) is 138 Å². The summed E-state index contributed by atoms with van der Waals surface area (Å²) in [5.74, 6) is 5.71. The molecule has 0 radical (unpaired) electrons. The van der Waals surface area contributed by atoms with Crippen LogP contribution < -0.4 is 0 Å². The summed E-state index contributed by atoms with van der Waals surface area (Å²) < 4.78 is 48.8. The van der Waals surface area contributed by atoms with Crippen LogP contribution in [0.25, 0.3) is 219 Å². The van der Waals surface area contributed by atoms with Crippen LogP contribution in [0.2, 0.25) is 0 Å². The van der Waals surface area contributed by atoms with E-state index in [4.69, 9.17) is 66.4 Å². The van der Waals surface area contributed by atoms with Crippen LogP contribution >= 0.6 is 0 Å². The highest BCUT2D eigenvalue weighted by Gasteiger charge is 2.32. The van der Waals surface area contributed by atoms with Crippen LogP contribution in [0, 0.1) is 13.5 Å². The lowest BCUT2D eigenvalue weighted by molar-refractivity contribution is -0.137. The van der Waals surface area contributed by atoms with Crippen LogP contribution in [0.4, 0.5) is 18.9 Å². The van der Waals surface area contributed by atoms with Crippen LogP contribution in [0.3, 0.4) is 0 Å². The first kappa shape index (κ1) is 73.8. The van der Waals surface area contributed by atoms with E-state index in [1.807, 2.05) is 303 Å². The molecule has 6 heterocycles. The van der Waals surface area contributed by atoms with Gasteiger partial charge in [-0.15, -0.1) is 0 Å². The molecule has 0 aliphatic heterocycles. The maximum absolute atomic E-state index is 14.8. The summed E-state index contributed by atoms with van der Waals surface area (Å²) in [5.41, 5.74) is 16.2. The molecule has 0 N–H and O–H groups in total. The van der Waals surface area contributed by atoms with Gasteiger partial charge < -0.3 is 9.13 Å². The fourth-order valence-corrected chi connectivity index (χ4v) is 16.2. The van der Waals surface area contributed by atoms with Crippen molar-refractivity contribution in [2.45, 2.75) is 13.1 Å². The molecule has 15 nitrogen and oxygen atoms in total. The molecule has 0 spiro atoms. The number of aromatic nitrogens is 14. The zero-order chi connectivity index (χ0) is 82.7. The van der Waals surface area contributed by atoms with E-state index in [0.717, 1.165) is 94.2 Å². The van der Waals surface area contributed by atoms with Gasteiger partial charge in [0.15, 0.2) is 75.6 Å². The standard InChI is InChI=1S/C105H64F3N15/c1-64-57-78(105(106,107)108)48-50-80(64)73-43-51-87(122-88-52-44-74(101-114-93(65-27-11-3-12-28-65)110-94(115-101)66-29-13-4-14-30-66)59-82(88)83-60-75(45-53-89(83)122)102-116-95(67-31-15-5-16-32-67)111-96(117-102)68-33-17-6-18-34-68)81(58-73)86-63-79(109-2)49-56-92(86)123-90-54-46-76(103-118-97(69-35-19-7-20-36-69)112-98(119-103)70-37-21-8-22-38-70)61-84(90)85-62-77(47-55-91(85)123)104-120-99(71-39-23-9-24-40-71)113-100(121-104)72-41-25-10-26-42-72/h3-63H,1H3. The van der Waals surface area contributed by atoms with Crippen molar-refractivity contribution in [2.24, 2.45) is 0 Å². The van der Waals surface area contributed by atoms with Crippen LogP contribution in [0.15, 0.2) is 370 Å². The molecule has 15 aromatic carbocycles. The summed E-state index contributed by atoms with van der Waals surface area (Å²) in [5, 5.41) is 3.24. The summed E-state index contributed by atoms with van der Waals surface area (Å²) in [6.45, 7) is 10.6. The third-order valence-electron chi connectivity index (χ3n) is 22.1. The van der Waals surface area contributed by atoms with Gasteiger partial charge in [0, 0.05) is 93.9 Å². The van der Waals surface area contributed by atoms with Crippen molar-refractivity contribution in [1.29, 1.82) is 0 Å². The fourth-order valence-electron chi connectivity index (χ4n) is 16.2. The van der Waals surface area contributed by atoms with E-state index in [2.05, 4.69) is 62.5 Å². The lowest BCUT2D eigenvalue weighted by Crippen LogP contribution is -2.05. The SMILES string of the molecule is [C-]#[N+]c1ccc(-n2c3ccc(-c4nc(-c5ccccc5)nc(-c5ccccc5)n4)cc3c3cc(-c4nc(-c5ccccc5)nc(-c5ccccc5)n4)ccc32)c(-c2cc(-c3ccc(C(F)(F)F)cc3C)ccc2-n2c3ccc(-c4nc(-c5ccccc5)nc(-c5ccccc5)n4)cc3c3cc(-c4nc(-c5ccccc5)nc(-c5ccccc5)n4)ccc32)c1. The first-order valence-corrected chi connectivity index (χ1v) is 39.9. The van der Waals surface area contributed by atoms with E-state index in [-0.39, 0.29) is 0 Å². The number of rotatable bonds is 16. The van der Waals surface area contributed by atoms with Crippen molar-refractivity contribution in [3.05, 3.63) is 393 Å². The van der Waals surface area contributed by atoms with E-state index in [0.29, 0.717) is 137 Å². The fraction of sp³-hybridized carbons (Fsp3) is 0.0190. The zero-order valence-electron chi connectivity index (χ0n) is 65.6. The number of benzene rings is 15. The Bertz CT molecular complexity index is 7130. The third kappa shape index (κ3) is 14.1. The first-order chi connectivity index (χ1) is 60.4. The minimum Gasteiger partial charge on any atom is -0.309 e. The van der Waals surface area contributed by atoms with Crippen molar-refractivity contribution < 1.29 is 13.2 Å². The highest BCUT2D eigenvalue weighted by Crippen LogP contribution is 2.47. The molecule has 0 saturated heterocycles. The average Bonchev–Trinajstić information content (AvgIpc) is 1.57. The second-order valence-corrected chi connectivity index (χ2v) is 29.8. The zero-order valence-corrected chi connectivity index (χ0v) is 65.6. The number of aryl methyl sites for hydroxylation is 1. The van der Waals surface area contributed by atoms with Crippen LogP contribution in [-0.4, -0.2) is 68.9 Å². The topological polar surface area (TPSA) is 169 Å². The molecule has 0 atom stereocenters.